The third-order valence-electron chi connectivity index (χ3n) is 4.32. The molecule has 11 nitrogen and oxygen atoms in total. The highest BCUT2D eigenvalue weighted by atomic mass is 16.5. The number of aldehydes is 1. The summed E-state index contributed by atoms with van der Waals surface area (Å²) in [5.74, 6) is -0.0486. The summed E-state index contributed by atoms with van der Waals surface area (Å²) in [5, 5.41) is 54.7. The van der Waals surface area contributed by atoms with Gasteiger partial charge in [0.15, 0.2) is 0 Å². The molecule has 2 heterocycles. The van der Waals surface area contributed by atoms with Crippen LogP contribution < -0.4 is 0 Å². The first-order valence-corrected chi connectivity index (χ1v) is 14.1. The average Bonchev–Trinajstić information content (AvgIpc) is 3.57. The van der Waals surface area contributed by atoms with Gasteiger partial charge in [-0.2, -0.15) is 0 Å². The molecule has 0 bridgehead atoms. The molecule has 0 amide bonds. The molecule has 0 saturated carbocycles. The maximum atomic E-state index is 10.2. The molecule has 5 unspecified atom stereocenters. The quantitative estimate of drug-likeness (QED) is 0.175. The first-order valence-electron chi connectivity index (χ1n) is 14.1. The molecule has 0 spiro atoms. The lowest BCUT2D eigenvalue weighted by molar-refractivity contribution is -0.140. The van der Waals surface area contributed by atoms with Crippen LogP contribution in [0.2, 0.25) is 0 Å². The van der Waals surface area contributed by atoms with Crippen molar-refractivity contribution in [1.29, 1.82) is 0 Å². The third-order valence-corrected chi connectivity index (χ3v) is 4.32. The predicted octanol–water partition coefficient (Wildman–Crippen LogP) is 3.50. The second-order valence-electron chi connectivity index (χ2n) is 8.51. The van der Waals surface area contributed by atoms with Crippen LogP contribution >= 0.6 is 0 Å². The van der Waals surface area contributed by atoms with Gasteiger partial charge in [-0.05, 0) is 86.5 Å². The Hall–Kier alpha value is -1.18. The molecule has 7 N–H and O–H groups in total. The Labute approximate surface area is 248 Å². The Morgan fingerprint density at radius 1 is 0.875 bits per heavy atom. The molecule has 5 atom stereocenters. The van der Waals surface area contributed by atoms with E-state index in [4.69, 9.17) is 50.0 Å². The Morgan fingerprint density at radius 3 is 1.38 bits per heavy atom. The zero-order chi connectivity index (χ0) is 33.4. The summed E-state index contributed by atoms with van der Waals surface area (Å²) in [5.41, 5.74) is 0. The normalized spacial score (nSPS) is 17.8. The number of carbonyl (C=O) groups is 2. The van der Waals surface area contributed by atoms with Crippen LogP contribution in [-0.4, -0.2) is 113 Å². The van der Waals surface area contributed by atoms with Crippen LogP contribution in [0.1, 0.15) is 116 Å². The molecule has 2 saturated heterocycles. The van der Waals surface area contributed by atoms with E-state index in [2.05, 4.69) is 13.8 Å². The van der Waals surface area contributed by atoms with Gasteiger partial charge in [0, 0.05) is 43.8 Å². The molecule has 0 aromatic rings. The van der Waals surface area contributed by atoms with Crippen molar-refractivity contribution in [1.82, 2.24) is 0 Å². The summed E-state index contributed by atoms with van der Waals surface area (Å²) in [6, 6.07) is 0. The number of cyclic esters (lactones) is 1. The van der Waals surface area contributed by atoms with E-state index < -0.39 is 0 Å². The van der Waals surface area contributed by atoms with Gasteiger partial charge >= 0.3 is 5.97 Å². The number of esters is 1. The predicted molar refractivity (Wildman–Crippen MR) is 166 cm³/mol. The molecular formula is C29H72O11. The highest BCUT2D eigenvalue weighted by Gasteiger charge is 2.17. The van der Waals surface area contributed by atoms with Crippen LogP contribution in [0.25, 0.3) is 0 Å². The number of aliphatic hydroxyl groups is 7. The summed E-state index contributed by atoms with van der Waals surface area (Å²) in [7, 11) is 3.00. The van der Waals surface area contributed by atoms with Gasteiger partial charge in [-0.3, -0.25) is 4.79 Å². The molecule has 0 radical (unpaired) electrons. The Bertz CT molecular complexity index is 413. The molecule has 0 aromatic carbocycles. The minimum atomic E-state index is -0.257. The highest BCUT2D eigenvalue weighted by molar-refractivity contribution is 5.71. The number of hydrogen-bond acceptors (Lipinski definition) is 11. The van der Waals surface area contributed by atoms with Gasteiger partial charge in [-0.25, -0.2) is 0 Å². The highest BCUT2D eigenvalue weighted by Crippen LogP contribution is 2.11. The number of hydrogen-bond donors (Lipinski definition) is 7. The van der Waals surface area contributed by atoms with E-state index in [1.165, 1.54) is 19.8 Å². The van der Waals surface area contributed by atoms with Gasteiger partial charge in [0.2, 0.25) is 0 Å². The van der Waals surface area contributed by atoms with Gasteiger partial charge in [0.1, 0.15) is 6.29 Å². The number of rotatable bonds is 6. The largest absolute Gasteiger partial charge is 0.463 e. The third kappa shape index (κ3) is 83.3. The van der Waals surface area contributed by atoms with Gasteiger partial charge in [-0.15, -0.1) is 0 Å². The van der Waals surface area contributed by atoms with E-state index in [0.29, 0.717) is 25.4 Å². The van der Waals surface area contributed by atoms with Crippen LogP contribution in [0.15, 0.2) is 0 Å². The molecule has 40 heavy (non-hydrogen) atoms. The van der Waals surface area contributed by atoms with Crippen LogP contribution in [0, 0.1) is 0 Å². The Kier molecular flexibility index (Phi) is 74.0. The molecule has 0 aromatic heterocycles. The number of carbonyl (C=O) groups excluding carboxylic acids is 2. The lowest BCUT2D eigenvalue weighted by Crippen LogP contribution is -1.99. The maximum Gasteiger partial charge on any atom is 0.306 e. The fourth-order valence-electron chi connectivity index (χ4n) is 2.21. The standard InChI is InChI=1S/C5H8O2.C5H12O2.C5H10O.C5H12O.C4H10O.C2H4O.3CH4O.2H2/c1-4-2-3-5(6)7-4;1-5(7)3-2-4-6;1-5-3-2-4-6-5;1-3-4-5(2)6;1-3-4(2)5;1-2-3;3*1-2;;/h4H,2-3H2,1H3;5-7H,2-4H2,1H3;5H,2-4H2,1H3;5-6H,3-4H2,1-2H3;4-5H,3H2,1-2H3;2H,1H3;3*2H,1H3;2*1H. The monoisotopic (exact) mass is 597 g/mol. The Morgan fingerprint density at radius 2 is 1.30 bits per heavy atom. The molecule has 2 aliphatic rings. The first-order chi connectivity index (χ1) is 18.9. The maximum absolute atomic E-state index is 10.2. The molecule has 0 aliphatic carbocycles. The fraction of sp³-hybridized carbons (Fsp3) is 0.931. The van der Waals surface area contributed by atoms with E-state index in [-0.39, 0.29) is 39.8 Å². The summed E-state index contributed by atoms with van der Waals surface area (Å²) < 4.78 is 9.88. The molecular weight excluding hydrogens is 524 g/mol. The zero-order valence-corrected chi connectivity index (χ0v) is 27.5. The second-order valence-corrected chi connectivity index (χ2v) is 8.51. The van der Waals surface area contributed by atoms with Crippen LogP contribution in [0.4, 0.5) is 0 Å². The first kappa shape index (κ1) is 54.8. The van der Waals surface area contributed by atoms with Crippen molar-refractivity contribution in [2.45, 2.75) is 144 Å². The minimum Gasteiger partial charge on any atom is -0.463 e. The van der Waals surface area contributed by atoms with Crippen molar-refractivity contribution in [2.24, 2.45) is 0 Å². The van der Waals surface area contributed by atoms with E-state index in [0.717, 1.165) is 59.9 Å². The molecule has 11 heteroatoms. The topological polar surface area (TPSA) is 194 Å². The van der Waals surface area contributed by atoms with Crippen molar-refractivity contribution >= 4 is 12.3 Å². The Balaban J connectivity index is -0.0000000430. The van der Waals surface area contributed by atoms with E-state index >= 15 is 0 Å². The van der Waals surface area contributed by atoms with Crippen molar-refractivity contribution < 1.29 is 57.7 Å². The summed E-state index contributed by atoms with van der Waals surface area (Å²) in [6.07, 6.45) is 9.32. The van der Waals surface area contributed by atoms with Crippen molar-refractivity contribution in [2.75, 3.05) is 34.5 Å². The van der Waals surface area contributed by atoms with Crippen LogP contribution in [0.5, 0.6) is 0 Å². The molecule has 254 valence electrons. The van der Waals surface area contributed by atoms with Gasteiger partial charge in [-0.1, -0.05) is 20.3 Å². The van der Waals surface area contributed by atoms with Gasteiger partial charge in [0.25, 0.3) is 0 Å². The van der Waals surface area contributed by atoms with Crippen LogP contribution in [0.3, 0.4) is 0 Å². The molecule has 2 fully saturated rings. The minimum absolute atomic E-state index is 0. The summed E-state index contributed by atoms with van der Waals surface area (Å²) >= 11 is 0. The van der Waals surface area contributed by atoms with Gasteiger partial charge < -0.3 is 50.0 Å². The van der Waals surface area contributed by atoms with Crippen molar-refractivity contribution in [3.63, 3.8) is 0 Å². The fourth-order valence-corrected chi connectivity index (χ4v) is 2.21. The van der Waals surface area contributed by atoms with Crippen molar-refractivity contribution in [3.8, 4) is 0 Å². The summed E-state index contributed by atoms with van der Waals surface area (Å²) in [6.45, 7) is 16.0. The average molecular weight is 597 g/mol. The van der Waals surface area contributed by atoms with E-state index in [1.54, 1.807) is 13.8 Å². The molecule has 2 aliphatic heterocycles. The number of aliphatic hydroxyl groups excluding tert-OH is 7. The van der Waals surface area contributed by atoms with Crippen molar-refractivity contribution in [3.05, 3.63) is 0 Å². The number of ether oxygens (including phenoxy) is 2. The smallest absolute Gasteiger partial charge is 0.306 e. The molecule has 2 rings (SSSR count). The lowest BCUT2D eigenvalue weighted by atomic mass is 10.2. The summed E-state index contributed by atoms with van der Waals surface area (Å²) in [4.78, 5) is 19.0. The van der Waals surface area contributed by atoms with E-state index in [9.17, 15) is 4.79 Å². The van der Waals surface area contributed by atoms with Gasteiger partial charge in [0.05, 0.1) is 30.5 Å². The van der Waals surface area contributed by atoms with E-state index in [1.807, 2.05) is 20.8 Å². The SMILES string of the molecule is CC(O)CCCO.CC1CCC(=O)O1.CC1CCCO1.CC=O.CCC(C)O.CCCC(C)O.CO.CO.CO.[HH].[HH]. The zero-order valence-electron chi connectivity index (χ0n) is 27.5. The second kappa shape index (κ2) is 54.0. The van der Waals surface area contributed by atoms with Crippen LogP contribution in [-0.2, 0) is 19.1 Å². The lowest BCUT2D eigenvalue weighted by Gasteiger charge is -1.98.